The Morgan fingerprint density at radius 2 is 1.70 bits per heavy atom. The lowest BCUT2D eigenvalue weighted by molar-refractivity contribution is -0.949. The number of methoxy groups -OCH3 is 2. The molecule has 2 atom stereocenters. The van der Waals surface area contributed by atoms with Gasteiger partial charge in [0.2, 0.25) is 0 Å². The van der Waals surface area contributed by atoms with Gasteiger partial charge in [0.25, 0.3) is 0 Å². The van der Waals surface area contributed by atoms with Gasteiger partial charge >= 0.3 is 0 Å². The summed E-state index contributed by atoms with van der Waals surface area (Å²) in [6, 6.07) is 23.6. The molecule has 0 saturated carbocycles. The fraction of sp³-hybridized carbons (Fsp3) is 0.240. The van der Waals surface area contributed by atoms with Gasteiger partial charge in [0, 0.05) is 17.5 Å². The highest BCUT2D eigenvalue weighted by molar-refractivity contribution is 5.74. The van der Waals surface area contributed by atoms with Crippen molar-refractivity contribution in [2.75, 3.05) is 20.8 Å². The molecule has 1 aliphatic heterocycles. The zero-order valence-electron chi connectivity index (χ0n) is 17.3. The Hall–Kier alpha value is -3.31. The van der Waals surface area contributed by atoms with Gasteiger partial charge in [-0.15, -0.1) is 0 Å². The molecule has 1 aliphatic rings. The molecule has 2 heterocycles. The molecule has 5 rings (SSSR count). The Morgan fingerprint density at radius 1 is 0.967 bits per heavy atom. The van der Waals surface area contributed by atoms with E-state index in [0.717, 1.165) is 36.6 Å². The van der Waals surface area contributed by atoms with Crippen LogP contribution < -0.4 is 14.4 Å². The van der Waals surface area contributed by atoms with Gasteiger partial charge in [-0.05, 0) is 29.8 Å². The Labute approximate surface area is 176 Å². The number of fused-ring (bicyclic) bond motifs is 2. The van der Waals surface area contributed by atoms with Crippen LogP contribution in [0.5, 0.6) is 11.5 Å². The molecular formula is C25H26N3O2+. The van der Waals surface area contributed by atoms with Crippen molar-refractivity contribution in [3.05, 3.63) is 89.7 Å². The van der Waals surface area contributed by atoms with Crippen LogP contribution in [0.1, 0.15) is 22.7 Å². The SMILES string of the molecule is COc1cc2c(cc1OC)[C@@H](c1ccccc1)[NH+](Cn1cnc3ccccc31)CC2. The highest BCUT2D eigenvalue weighted by Gasteiger charge is 2.34. The molecule has 0 fully saturated rings. The van der Waals surface area contributed by atoms with E-state index in [1.54, 1.807) is 14.2 Å². The van der Waals surface area contributed by atoms with Gasteiger partial charge in [-0.1, -0.05) is 42.5 Å². The summed E-state index contributed by atoms with van der Waals surface area (Å²) >= 11 is 0. The maximum atomic E-state index is 5.64. The van der Waals surface area contributed by atoms with Crippen LogP contribution in [0.2, 0.25) is 0 Å². The van der Waals surface area contributed by atoms with Crippen molar-refractivity contribution in [2.45, 2.75) is 19.1 Å². The molecule has 4 aromatic rings. The van der Waals surface area contributed by atoms with E-state index in [-0.39, 0.29) is 6.04 Å². The third-order valence-electron chi connectivity index (χ3n) is 6.11. The molecule has 0 bridgehead atoms. The molecule has 0 saturated heterocycles. The number of hydrogen-bond donors (Lipinski definition) is 1. The minimum atomic E-state index is 0.218. The van der Waals surface area contributed by atoms with Gasteiger partial charge in [-0.25, -0.2) is 4.98 Å². The number of para-hydroxylation sites is 2. The summed E-state index contributed by atoms with van der Waals surface area (Å²) in [6.07, 6.45) is 2.96. The lowest BCUT2D eigenvalue weighted by Gasteiger charge is -2.35. The van der Waals surface area contributed by atoms with E-state index in [0.29, 0.717) is 0 Å². The number of hydrogen-bond acceptors (Lipinski definition) is 3. The maximum Gasteiger partial charge on any atom is 0.161 e. The summed E-state index contributed by atoms with van der Waals surface area (Å²) in [5.74, 6) is 1.58. The van der Waals surface area contributed by atoms with Crippen molar-refractivity contribution in [1.29, 1.82) is 0 Å². The number of aromatic nitrogens is 2. The first-order valence-corrected chi connectivity index (χ1v) is 10.3. The second kappa shape index (κ2) is 7.84. The largest absolute Gasteiger partial charge is 0.493 e. The summed E-state index contributed by atoms with van der Waals surface area (Å²) < 4.78 is 13.5. The summed E-state index contributed by atoms with van der Waals surface area (Å²) in [4.78, 5) is 6.08. The van der Waals surface area contributed by atoms with Crippen LogP contribution in [0, 0.1) is 0 Å². The van der Waals surface area contributed by atoms with E-state index >= 15 is 0 Å². The molecule has 152 valence electrons. The van der Waals surface area contributed by atoms with Crippen molar-refractivity contribution in [3.63, 3.8) is 0 Å². The fourth-order valence-electron chi connectivity index (χ4n) is 4.67. The van der Waals surface area contributed by atoms with Gasteiger partial charge in [-0.2, -0.15) is 0 Å². The molecule has 1 N–H and O–H groups in total. The maximum absolute atomic E-state index is 5.64. The van der Waals surface area contributed by atoms with Crippen molar-refractivity contribution in [3.8, 4) is 11.5 Å². The Morgan fingerprint density at radius 3 is 2.50 bits per heavy atom. The predicted octanol–water partition coefficient (Wildman–Crippen LogP) is 3.24. The number of imidazole rings is 1. The van der Waals surface area contributed by atoms with Crippen LogP contribution in [-0.2, 0) is 13.1 Å². The van der Waals surface area contributed by atoms with E-state index in [2.05, 4.69) is 70.2 Å². The van der Waals surface area contributed by atoms with E-state index in [9.17, 15) is 0 Å². The average Bonchev–Trinajstić information content (AvgIpc) is 3.21. The predicted molar refractivity (Wildman–Crippen MR) is 117 cm³/mol. The molecule has 3 aromatic carbocycles. The first-order valence-electron chi connectivity index (χ1n) is 10.3. The average molecular weight is 401 g/mol. The summed E-state index contributed by atoms with van der Waals surface area (Å²) in [6.45, 7) is 1.89. The number of nitrogens with one attached hydrogen (secondary N) is 1. The van der Waals surface area contributed by atoms with Gasteiger partial charge in [-0.3, -0.25) is 4.57 Å². The van der Waals surface area contributed by atoms with Crippen molar-refractivity contribution in [1.82, 2.24) is 9.55 Å². The topological polar surface area (TPSA) is 40.7 Å². The van der Waals surface area contributed by atoms with Crippen molar-refractivity contribution < 1.29 is 14.4 Å². The normalized spacial score (nSPS) is 18.2. The molecular weight excluding hydrogens is 374 g/mol. The second-order valence-corrected chi connectivity index (χ2v) is 7.77. The molecule has 1 aromatic heterocycles. The van der Waals surface area contributed by atoms with E-state index in [1.165, 1.54) is 27.1 Å². The third-order valence-corrected chi connectivity index (χ3v) is 6.11. The number of benzene rings is 3. The van der Waals surface area contributed by atoms with Gasteiger partial charge in [0.1, 0.15) is 12.4 Å². The van der Waals surface area contributed by atoms with Gasteiger partial charge in [0.15, 0.2) is 18.2 Å². The lowest BCUT2D eigenvalue weighted by Crippen LogP contribution is -3.12. The van der Waals surface area contributed by atoms with Crippen LogP contribution in [0.3, 0.4) is 0 Å². The monoisotopic (exact) mass is 400 g/mol. The molecule has 0 radical (unpaired) electrons. The van der Waals surface area contributed by atoms with Crippen LogP contribution in [0.15, 0.2) is 73.1 Å². The molecule has 5 heteroatoms. The van der Waals surface area contributed by atoms with E-state index in [4.69, 9.17) is 9.47 Å². The fourth-order valence-corrected chi connectivity index (χ4v) is 4.67. The Kier molecular flexibility index (Phi) is 4.89. The zero-order valence-corrected chi connectivity index (χ0v) is 17.3. The highest BCUT2D eigenvalue weighted by Crippen LogP contribution is 2.36. The van der Waals surface area contributed by atoms with Crippen molar-refractivity contribution in [2.24, 2.45) is 0 Å². The zero-order chi connectivity index (χ0) is 20.5. The number of quaternary nitrogens is 1. The smallest absolute Gasteiger partial charge is 0.161 e. The Bertz CT molecular complexity index is 1170. The van der Waals surface area contributed by atoms with Crippen LogP contribution >= 0.6 is 0 Å². The number of nitrogens with zero attached hydrogens (tertiary/aromatic N) is 2. The van der Waals surface area contributed by atoms with Crippen LogP contribution in [-0.4, -0.2) is 30.3 Å². The van der Waals surface area contributed by atoms with Crippen molar-refractivity contribution >= 4 is 11.0 Å². The number of rotatable bonds is 5. The summed E-state index contributed by atoms with van der Waals surface area (Å²) in [7, 11) is 3.40. The van der Waals surface area contributed by atoms with Crippen LogP contribution in [0.4, 0.5) is 0 Å². The van der Waals surface area contributed by atoms with Gasteiger partial charge in [0.05, 0.1) is 31.8 Å². The standard InChI is InChI=1S/C25H25N3O2/c1-29-23-14-19-12-13-27(17-28-16-26-21-10-6-7-11-22(21)28)25(18-8-4-3-5-9-18)20(19)15-24(23)30-2/h3-11,14-16,25H,12-13,17H2,1-2H3/p+1/t25-/m1/s1. The Balaban J connectivity index is 1.59. The molecule has 1 unspecified atom stereocenters. The summed E-state index contributed by atoms with van der Waals surface area (Å²) in [5, 5.41) is 0. The first-order chi connectivity index (χ1) is 14.8. The minimum absolute atomic E-state index is 0.218. The quantitative estimate of drug-likeness (QED) is 0.559. The summed E-state index contributed by atoms with van der Waals surface area (Å²) in [5.41, 5.74) is 6.17. The first kappa shape index (κ1) is 18.7. The molecule has 0 amide bonds. The second-order valence-electron chi connectivity index (χ2n) is 7.77. The van der Waals surface area contributed by atoms with Gasteiger partial charge < -0.3 is 14.4 Å². The number of ether oxygens (including phenoxy) is 2. The molecule has 30 heavy (non-hydrogen) atoms. The molecule has 0 spiro atoms. The third kappa shape index (κ3) is 3.21. The minimum Gasteiger partial charge on any atom is -0.493 e. The van der Waals surface area contributed by atoms with Crippen LogP contribution in [0.25, 0.3) is 11.0 Å². The van der Waals surface area contributed by atoms with E-state index in [1.807, 2.05) is 12.4 Å². The molecule has 5 nitrogen and oxygen atoms in total. The lowest BCUT2D eigenvalue weighted by atomic mass is 9.88. The molecule has 0 aliphatic carbocycles. The van der Waals surface area contributed by atoms with E-state index < -0.39 is 0 Å². The highest BCUT2D eigenvalue weighted by atomic mass is 16.5.